The van der Waals surface area contributed by atoms with Gasteiger partial charge in [0, 0.05) is 27.6 Å². The van der Waals surface area contributed by atoms with Gasteiger partial charge in [-0.05, 0) is 43.0 Å². The summed E-state index contributed by atoms with van der Waals surface area (Å²) < 4.78 is 1.82. The highest BCUT2D eigenvalue weighted by Crippen LogP contribution is 2.25. The fourth-order valence-corrected chi connectivity index (χ4v) is 3.79. The lowest BCUT2D eigenvalue weighted by Gasteiger charge is -2.36. The van der Waals surface area contributed by atoms with Crippen LogP contribution in [-0.2, 0) is 0 Å². The highest BCUT2D eigenvalue weighted by Gasteiger charge is 2.28. The minimum absolute atomic E-state index is 0.0901. The molecule has 0 aromatic heterocycles. The molecule has 2 unspecified atom stereocenters. The molecule has 0 saturated carbocycles. The van der Waals surface area contributed by atoms with E-state index in [2.05, 4.69) is 38.8 Å². The number of rotatable bonds is 2. The quantitative estimate of drug-likeness (QED) is 0.843. The molecule has 1 aliphatic heterocycles. The van der Waals surface area contributed by atoms with E-state index in [1.54, 1.807) is 0 Å². The largest absolute Gasteiger partial charge is 0.338 e. The average molecular weight is 390 g/mol. The highest BCUT2D eigenvalue weighted by molar-refractivity contribution is 9.11. The Morgan fingerprint density at radius 1 is 1.37 bits per heavy atom. The van der Waals surface area contributed by atoms with Gasteiger partial charge in [0.25, 0.3) is 5.91 Å². The Bertz CT molecular complexity index is 458. The Kier molecular flexibility index (Phi) is 5.03. The zero-order chi connectivity index (χ0) is 14.0. The lowest BCUT2D eigenvalue weighted by atomic mass is 9.87. The molecule has 104 valence electrons. The number of hydrogen-bond donors (Lipinski definition) is 1. The minimum Gasteiger partial charge on any atom is -0.338 e. The lowest BCUT2D eigenvalue weighted by Crippen LogP contribution is -2.45. The molecule has 1 aromatic rings. The molecule has 0 aliphatic carbocycles. The van der Waals surface area contributed by atoms with E-state index in [0.717, 1.165) is 28.5 Å². The van der Waals surface area contributed by atoms with Gasteiger partial charge in [0.1, 0.15) is 0 Å². The predicted molar refractivity (Wildman–Crippen MR) is 84.1 cm³/mol. The highest BCUT2D eigenvalue weighted by atomic mass is 79.9. The first-order valence-electron chi connectivity index (χ1n) is 6.46. The molecule has 1 fully saturated rings. The van der Waals surface area contributed by atoms with Crippen LogP contribution in [0.4, 0.5) is 0 Å². The molecule has 2 atom stereocenters. The Morgan fingerprint density at radius 3 is 2.58 bits per heavy atom. The van der Waals surface area contributed by atoms with Crippen LogP contribution in [0.3, 0.4) is 0 Å². The molecule has 2 rings (SSSR count). The van der Waals surface area contributed by atoms with E-state index in [0.29, 0.717) is 23.9 Å². The van der Waals surface area contributed by atoms with Gasteiger partial charge in [-0.1, -0.05) is 38.8 Å². The van der Waals surface area contributed by atoms with Gasteiger partial charge in [-0.25, -0.2) is 0 Å². The SMILES string of the molecule is CC1CCN(C(=O)c2cc(Br)cc(Br)c2)CC1CN. The second kappa shape index (κ2) is 6.37. The van der Waals surface area contributed by atoms with E-state index in [4.69, 9.17) is 5.73 Å². The van der Waals surface area contributed by atoms with Crippen LogP contribution in [0.2, 0.25) is 0 Å². The molecule has 1 saturated heterocycles. The molecule has 5 heteroatoms. The van der Waals surface area contributed by atoms with Crippen molar-refractivity contribution in [3.05, 3.63) is 32.7 Å². The average Bonchev–Trinajstić information content (AvgIpc) is 2.37. The second-order valence-corrected chi connectivity index (χ2v) is 7.00. The Labute approximate surface area is 130 Å². The summed E-state index contributed by atoms with van der Waals surface area (Å²) in [6.45, 7) is 4.45. The molecule has 0 bridgehead atoms. The molecular formula is C14H18Br2N2O. The van der Waals surface area contributed by atoms with Crippen molar-refractivity contribution in [2.45, 2.75) is 13.3 Å². The van der Waals surface area contributed by atoms with Gasteiger partial charge in [-0.2, -0.15) is 0 Å². The van der Waals surface area contributed by atoms with Crippen LogP contribution in [0.25, 0.3) is 0 Å². The third-order valence-corrected chi connectivity index (χ3v) is 4.73. The van der Waals surface area contributed by atoms with Gasteiger partial charge in [-0.3, -0.25) is 4.79 Å². The van der Waals surface area contributed by atoms with Crippen molar-refractivity contribution in [2.24, 2.45) is 17.6 Å². The van der Waals surface area contributed by atoms with Crippen molar-refractivity contribution >= 4 is 37.8 Å². The van der Waals surface area contributed by atoms with Gasteiger partial charge in [0.2, 0.25) is 0 Å². The number of nitrogens with two attached hydrogens (primary N) is 1. The number of halogens is 2. The van der Waals surface area contributed by atoms with Crippen LogP contribution in [0.1, 0.15) is 23.7 Å². The van der Waals surface area contributed by atoms with E-state index in [1.807, 2.05) is 23.1 Å². The molecule has 1 amide bonds. The summed E-state index contributed by atoms with van der Waals surface area (Å²) in [4.78, 5) is 14.4. The number of amides is 1. The van der Waals surface area contributed by atoms with Crippen LogP contribution < -0.4 is 5.73 Å². The van der Waals surface area contributed by atoms with Gasteiger partial charge in [0.05, 0.1) is 0 Å². The number of benzene rings is 1. The van der Waals surface area contributed by atoms with E-state index < -0.39 is 0 Å². The summed E-state index contributed by atoms with van der Waals surface area (Å²) in [5, 5.41) is 0. The molecule has 1 aliphatic rings. The van der Waals surface area contributed by atoms with E-state index in [1.165, 1.54) is 0 Å². The van der Waals surface area contributed by atoms with Crippen molar-refractivity contribution in [2.75, 3.05) is 19.6 Å². The second-order valence-electron chi connectivity index (χ2n) is 5.17. The van der Waals surface area contributed by atoms with Crippen molar-refractivity contribution in [3.63, 3.8) is 0 Å². The van der Waals surface area contributed by atoms with Crippen LogP contribution in [-0.4, -0.2) is 30.4 Å². The maximum atomic E-state index is 12.5. The van der Waals surface area contributed by atoms with Crippen molar-refractivity contribution < 1.29 is 4.79 Å². The monoisotopic (exact) mass is 388 g/mol. The number of carbonyl (C=O) groups is 1. The number of nitrogens with zero attached hydrogens (tertiary/aromatic N) is 1. The third kappa shape index (κ3) is 3.58. The summed E-state index contributed by atoms with van der Waals surface area (Å²) in [6.07, 6.45) is 1.03. The zero-order valence-corrected chi connectivity index (χ0v) is 14.1. The van der Waals surface area contributed by atoms with E-state index in [9.17, 15) is 4.79 Å². The van der Waals surface area contributed by atoms with E-state index in [-0.39, 0.29) is 5.91 Å². The maximum Gasteiger partial charge on any atom is 0.253 e. The van der Waals surface area contributed by atoms with E-state index >= 15 is 0 Å². The standard InChI is InChI=1S/C14H18Br2N2O/c1-9-2-3-18(8-11(9)7-17)14(19)10-4-12(15)6-13(16)5-10/h4-6,9,11H,2-3,7-8,17H2,1H3. The Hall–Kier alpha value is -0.390. The summed E-state index contributed by atoms with van der Waals surface area (Å²) in [5.74, 6) is 1.10. The number of carbonyl (C=O) groups excluding carboxylic acids is 1. The van der Waals surface area contributed by atoms with Crippen LogP contribution >= 0.6 is 31.9 Å². The minimum atomic E-state index is 0.0901. The van der Waals surface area contributed by atoms with Crippen LogP contribution in [0.5, 0.6) is 0 Å². The topological polar surface area (TPSA) is 46.3 Å². The van der Waals surface area contributed by atoms with Gasteiger partial charge in [-0.15, -0.1) is 0 Å². The normalized spacial score (nSPS) is 23.5. The summed E-state index contributed by atoms with van der Waals surface area (Å²) in [6, 6.07) is 5.66. The first kappa shape index (κ1) is 15.0. The van der Waals surface area contributed by atoms with Gasteiger partial charge in [0.15, 0.2) is 0 Å². The summed E-state index contributed by atoms with van der Waals surface area (Å²) >= 11 is 6.84. The zero-order valence-electron chi connectivity index (χ0n) is 10.9. The fourth-order valence-electron chi connectivity index (χ4n) is 2.50. The first-order valence-corrected chi connectivity index (χ1v) is 8.05. The lowest BCUT2D eigenvalue weighted by molar-refractivity contribution is 0.0618. The molecule has 19 heavy (non-hydrogen) atoms. The molecule has 1 aromatic carbocycles. The first-order chi connectivity index (χ1) is 9.01. The Morgan fingerprint density at radius 2 is 2.00 bits per heavy atom. The number of hydrogen-bond acceptors (Lipinski definition) is 2. The molecule has 3 nitrogen and oxygen atoms in total. The van der Waals surface area contributed by atoms with Gasteiger partial charge >= 0.3 is 0 Å². The summed E-state index contributed by atoms with van der Waals surface area (Å²) in [5.41, 5.74) is 6.50. The third-order valence-electron chi connectivity index (χ3n) is 3.81. The maximum absolute atomic E-state index is 12.5. The molecule has 1 heterocycles. The van der Waals surface area contributed by atoms with Crippen LogP contribution in [0, 0.1) is 11.8 Å². The fraction of sp³-hybridized carbons (Fsp3) is 0.500. The predicted octanol–water partition coefficient (Wildman–Crippen LogP) is 3.27. The molecular weight excluding hydrogens is 372 g/mol. The van der Waals surface area contributed by atoms with Crippen molar-refractivity contribution in [3.8, 4) is 0 Å². The molecule has 0 spiro atoms. The smallest absolute Gasteiger partial charge is 0.253 e. The molecule has 2 N–H and O–H groups in total. The summed E-state index contributed by atoms with van der Waals surface area (Å²) in [7, 11) is 0. The van der Waals surface area contributed by atoms with Gasteiger partial charge < -0.3 is 10.6 Å². The van der Waals surface area contributed by atoms with Crippen LogP contribution in [0.15, 0.2) is 27.1 Å². The van der Waals surface area contributed by atoms with Crippen molar-refractivity contribution in [1.82, 2.24) is 4.90 Å². The number of piperidine rings is 1. The molecule has 0 radical (unpaired) electrons. The van der Waals surface area contributed by atoms with Crippen molar-refractivity contribution in [1.29, 1.82) is 0 Å². The Balaban J connectivity index is 2.15. The number of likely N-dealkylation sites (tertiary alicyclic amines) is 1.